The van der Waals surface area contributed by atoms with Crippen LogP contribution in [0.15, 0.2) is 48.7 Å². The zero-order valence-corrected chi connectivity index (χ0v) is 16.5. The number of aromatic amines is 1. The molecule has 2 aromatic carbocycles. The van der Waals surface area contributed by atoms with E-state index >= 15 is 0 Å². The van der Waals surface area contributed by atoms with Crippen LogP contribution in [0, 0.1) is 0 Å². The van der Waals surface area contributed by atoms with Crippen LogP contribution in [0.4, 0.5) is 5.69 Å². The second-order valence-electron chi connectivity index (χ2n) is 8.00. The zero-order chi connectivity index (χ0) is 18.8. The molecule has 0 unspecified atom stereocenters. The highest BCUT2D eigenvalue weighted by Crippen LogP contribution is 2.33. The molecule has 0 amide bonds. The molecule has 0 saturated carbocycles. The first kappa shape index (κ1) is 17.6. The Morgan fingerprint density at radius 3 is 2.79 bits per heavy atom. The van der Waals surface area contributed by atoms with Gasteiger partial charge in [-0.25, -0.2) is 0 Å². The number of hydrogen-bond acceptors (Lipinski definition) is 3. The summed E-state index contributed by atoms with van der Waals surface area (Å²) >= 11 is 0. The van der Waals surface area contributed by atoms with E-state index in [4.69, 9.17) is 4.74 Å². The van der Waals surface area contributed by atoms with Crippen molar-refractivity contribution in [2.45, 2.75) is 25.7 Å². The molecule has 0 atom stereocenters. The van der Waals surface area contributed by atoms with Gasteiger partial charge in [0.15, 0.2) is 0 Å². The predicted molar refractivity (Wildman–Crippen MR) is 116 cm³/mol. The van der Waals surface area contributed by atoms with E-state index in [-0.39, 0.29) is 0 Å². The number of nitrogens with one attached hydrogen (secondary N) is 1. The van der Waals surface area contributed by atoms with Crippen LogP contribution in [-0.2, 0) is 12.8 Å². The van der Waals surface area contributed by atoms with Gasteiger partial charge in [0.1, 0.15) is 5.75 Å². The summed E-state index contributed by atoms with van der Waals surface area (Å²) in [6.45, 7) is 6.58. The van der Waals surface area contributed by atoms with Crippen LogP contribution in [0.5, 0.6) is 5.75 Å². The minimum absolute atomic E-state index is 0.862. The van der Waals surface area contributed by atoms with Crippen molar-refractivity contribution >= 4 is 16.6 Å². The van der Waals surface area contributed by atoms with Gasteiger partial charge in [0.2, 0.25) is 0 Å². The molecule has 28 heavy (non-hydrogen) atoms. The first-order valence-electron chi connectivity index (χ1n) is 10.7. The Hall–Kier alpha value is -2.46. The average molecular weight is 376 g/mol. The molecular formula is C24H29N3O. The van der Waals surface area contributed by atoms with Crippen molar-refractivity contribution in [1.29, 1.82) is 0 Å². The SMILES string of the molecule is c1cc2c(c(N3CCN(CCCc4c[nH]c5ccccc45)CC3)c1)CCCO2. The third-order valence-electron chi connectivity index (χ3n) is 6.25. The molecule has 2 aliphatic rings. The van der Waals surface area contributed by atoms with E-state index < -0.39 is 0 Å². The Balaban J connectivity index is 1.15. The lowest BCUT2D eigenvalue weighted by Gasteiger charge is -2.37. The Bertz CT molecular complexity index is 940. The molecular weight excluding hydrogens is 346 g/mol. The number of ether oxygens (including phenoxy) is 1. The number of aromatic nitrogens is 1. The summed E-state index contributed by atoms with van der Waals surface area (Å²) in [6.07, 6.45) is 6.83. The van der Waals surface area contributed by atoms with Gasteiger partial charge in [0, 0.05) is 54.5 Å². The van der Waals surface area contributed by atoms with Crippen molar-refractivity contribution in [3.63, 3.8) is 0 Å². The number of benzene rings is 2. The van der Waals surface area contributed by atoms with Crippen LogP contribution in [0.3, 0.4) is 0 Å². The van der Waals surface area contributed by atoms with E-state index in [1.807, 2.05) is 0 Å². The molecule has 4 nitrogen and oxygen atoms in total. The smallest absolute Gasteiger partial charge is 0.124 e. The maximum Gasteiger partial charge on any atom is 0.124 e. The van der Waals surface area contributed by atoms with Crippen molar-refractivity contribution in [3.05, 3.63) is 59.8 Å². The number of piperazine rings is 1. The molecule has 0 bridgehead atoms. The summed E-state index contributed by atoms with van der Waals surface area (Å²) in [4.78, 5) is 8.58. The summed E-state index contributed by atoms with van der Waals surface area (Å²) < 4.78 is 5.86. The lowest BCUT2D eigenvalue weighted by molar-refractivity contribution is 0.254. The molecule has 0 spiro atoms. The predicted octanol–water partition coefficient (Wildman–Crippen LogP) is 4.25. The fraction of sp³-hybridized carbons (Fsp3) is 0.417. The number of hydrogen-bond donors (Lipinski definition) is 1. The highest BCUT2D eigenvalue weighted by atomic mass is 16.5. The van der Waals surface area contributed by atoms with Gasteiger partial charge in [-0.15, -0.1) is 0 Å². The van der Waals surface area contributed by atoms with E-state index in [9.17, 15) is 0 Å². The summed E-state index contributed by atoms with van der Waals surface area (Å²) in [5.74, 6) is 1.10. The van der Waals surface area contributed by atoms with Crippen molar-refractivity contribution < 1.29 is 4.74 Å². The van der Waals surface area contributed by atoms with Gasteiger partial charge in [-0.05, 0) is 56.0 Å². The van der Waals surface area contributed by atoms with Gasteiger partial charge < -0.3 is 14.6 Å². The Labute approximate surface area is 167 Å². The van der Waals surface area contributed by atoms with Gasteiger partial charge in [0.05, 0.1) is 6.61 Å². The maximum atomic E-state index is 5.86. The van der Waals surface area contributed by atoms with Gasteiger partial charge in [-0.2, -0.15) is 0 Å². The molecule has 0 radical (unpaired) electrons. The molecule has 5 rings (SSSR count). The number of aryl methyl sites for hydroxylation is 1. The van der Waals surface area contributed by atoms with Crippen LogP contribution in [0.2, 0.25) is 0 Å². The van der Waals surface area contributed by atoms with Crippen molar-refractivity contribution in [1.82, 2.24) is 9.88 Å². The monoisotopic (exact) mass is 375 g/mol. The van der Waals surface area contributed by atoms with Crippen molar-refractivity contribution in [2.24, 2.45) is 0 Å². The number of para-hydroxylation sites is 1. The van der Waals surface area contributed by atoms with E-state index in [2.05, 4.69) is 63.4 Å². The Morgan fingerprint density at radius 1 is 0.964 bits per heavy atom. The second kappa shape index (κ2) is 7.88. The molecule has 0 aliphatic carbocycles. The lowest BCUT2D eigenvalue weighted by atomic mass is 10.0. The van der Waals surface area contributed by atoms with Gasteiger partial charge in [-0.1, -0.05) is 24.3 Å². The molecule has 2 aliphatic heterocycles. The zero-order valence-electron chi connectivity index (χ0n) is 16.5. The summed E-state index contributed by atoms with van der Waals surface area (Å²) in [6, 6.07) is 15.2. The number of anilines is 1. The standard InChI is InChI=1S/C24H29N3O/c1-2-9-22-20(7-1)19(18-25-22)6-4-12-26-13-15-27(16-14-26)23-10-3-11-24-21(23)8-5-17-28-24/h1-3,7,9-11,18,25H,4-6,8,12-17H2. The minimum atomic E-state index is 0.862. The summed E-state index contributed by atoms with van der Waals surface area (Å²) in [5.41, 5.74) is 5.52. The highest BCUT2D eigenvalue weighted by molar-refractivity contribution is 5.83. The average Bonchev–Trinajstić information content (AvgIpc) is 3.17. The van der Waals surface area contributed by atoms with Crippen LogP contribution in [0.1, 0.15) is 24.0 Å². The van der Waals surface area contributed by atoms with E-state index in [1.165, 1.54) is 40.7 Å². The normalized spacial score (nSPS) is 17.5. The molecule has 146 valence electrons. The Morgan fingerprint density at radius 2 is 1.86 bits per heavy atom. The highest BCUT2D eigenvalue weighted by Gasteiger charge is 2.22. The second-order valence-corrected chi connectivity index (χ2v) is 8.00. The molecule has 1 fully saturated rings. The fourth-order valence-corrected chi connectivity index (χ4v) is 4.71. The number of H-pyrrole nitrogens is 1. The van der Waals surface area contributed by atoms with Crippen LogP contribution >= 0.6 is 0 Å². The molecule has 1 N–H and O–H groups in total. The van der Waals surface area contributed by atoms with E-state index in [1.54, 1.807) is 0 Å². The number of rotatable bonds is 5. The molecule has 3 aromatic rings. The van der Waals surface area contributed by atoms with Crippen LogP contribution < -0.4 is 9.64 Å². The lowest BCUT2D eigenvalue weighted by Crippen LogP contribution is -2.47. The molecule has 3 heterocycles. The topological polar surface area (TPSA) is 31.5 Å². The number of nitrogens with zero attached hydrogens (tertiary/aromatic N) is 2. The van der Waals surface area contributed by atoms with E-state index in [0.717, 1.165) is 57.8 Å². The molecule has 1 aromatic heterocycles. The van der Waals surface area contributed by atoms with Crippen molar-refractivity contribution in [3.8, 4) is 5.75 Å². The van der Waals surface area contributed by atoms with E-state index in [0.29, 0.717) is 0 Å². The summed E-state index contributed by atoms with van der Waals surface area (Å²) in [5, 5.41) is 1.38. The quantitative estimate of drug-likeness (QED) is 0.723. The number of fused-ring (bicyclic) bond motifs is 2. The van der Waals surface area contributed by atoms with Crippen LogP contribution in [0.25, 0.3) is 10.9 Å². The summed E-state index contributed by atoms with van der Waals surface area (Å²) in [7, 11) is 0. The largest absolute Gasteiger partial charge is 0.493 e. The van der Waals surface area contributed by atoms with Crippen LogP contribution in [-0.4, -0.2) is 49.2 Å². The first-order chi connectivity index (χ1) is 13.9. The fourth-order valence-electron chi connectivity index (χ4n) is 4.71. The van der Waals surface area contributed by atoms with Gasteiger partial charge in [0.25, 0.3) is 0 Å². The third kappa shape index (κ3) is 3.49. The Kier molecular flexibility index (Phi) is 4.96. The van der Waals surface area contributed by atoms with Gasteiger partial charge in [-0.3, -0.25) is 4.90 Å². The van der Waals surface area contributed by atoms with Gasteiger partial charge >= 0.3 is 0 Å². The third-order valence-corrected chi connectivity index (χ3v) is 6.25. The molecule has 4 heteroatoms. The minimum Gasteiger partial charge on any atom is -0.493 e. The van der Waals surface area contributed by atoms with Crippen molar-refractivity contribution in [2.75, 3.05) is 44.2 Å². The first-order valence-corrected chi connectivity index (χ1v) is 10.7. The molecule has 1 saturated heterocycles. The maximum absolute atomic E-state index is 5.86.